The first-order valence-corrected chi connectivity index (χ1v) is 8.80. The number of pyridine rings is 1. The van der Waals surface area contributed by atoms with Crippen LogP contribution >= 0.6 is 0 Å². The number of hydrogen-bond donors (Lipinski definition) is 2. The van der Waals surface area contributed by atoms with Gasteiger partial charge in [-0.25, -0.2) is 9.97 Å². The molecule has 3 aromatic rings. The number of hydrogen-bond acceptors (Lipinski definition) is 6. The van der Waals surface area contributed by atoms with Gasteiger partial charge in [-0.15, -0.1) is 0 Å². The molecular weight excluding hydrogens is 346 g/mol. The molecule has 1 aliphatic heterocycles. The Bertz CT molecular complexity index is 997. The molecule has 1 aliphatic rings. The summed E-state index contributed by atoms with van der Waals surface area (Å²) in [5.74, 6) is 1.70. The Balaban J connectivity index is 1.83. The first-order valence-electron chi connectivity index (χ1n) is 8.80. The van der Waals surface area contributed by atoms with Gasteiger partial charge in [-0.3, -0.25) is 4.79 Å². The van der Waals surface area contributed by atoms with E-state index >= 15 is 0 Å². The summed E-state index contributed by atoms with van der Waals surface area (Å²) in [4.78, 5) is 20.5. The van der Waals surface area contributed by atoms with Gasteiger partial charge in [-0.2, -0.15) is 0 Å². The maximum absolute atomic E-state index is 11.4. The van der Waals surface area contributed by atoms with Crippen molar-refractivity contribution in [3.05, 3.63) is 30.5 Å². The maximum atomic E-state index is 11.4. The van der Waals surface area contributed by atoms with E-state index in [4.69, 9.17) is 20.2 Å². The van der Waals surface area contributed by atoms with Crippen molar-refractivity contribution in [3.8, 4) is 23.0 Å². The van der Waals surface area contributed by atoms with Gasteiger partial charge in [-0.05, 0) is 25.5 Å². The Morgan fingerprint density at radius 2 is 2.26 bits per heavy atom. The highest BCUT2D eigenvalue weighted by atomic mass is 16.5. The summed E-state index contributed by atoms with van der Waals surface area (Å²) in [7, 11) is 1.59. The number of ether oxygens (including phenoxy) is 2. The number of primary amides is 1. The molecule has 0 spiro atoms. The van der Waals surface area contributed by atoms with E-state index in [0.29, 0.717) is 12.5 Å². The number of amides is 1. The van der Waals surface area contributed by atoms with Crippen molar-refractivity contribution in [3.63, 3.8) is 0 Å². The third-order valence-electron chi connectivity index (χ3n) is 4.60. The van der Waals surface area contributed by atoms with Gasteiger partial charge in [0.15, 0.2) is 0 Å². The van der Waals surface area contributed by atoms with E-state index in [9.17, 15) is 4.79 Å². The lowest BCUT2D eigenvalue weighted by Crippen LogP contribution is -2.32. The monoisotopic (exact) mass is 367 g/mol. The van der Waals surface area contributed by atoms with Crippen molar-refractivity contribution >= 4 is 22.6 Å². The number of nitrogens with zero attached hydrogens (tertiary/aromatic N) is 3. The van der Waals surface area contributed by atoms with E-state index < -0.39 is 11.9 Å². The zero-order chi connectivity index (χ0) is 19.0. The summed E-state index contributed by atoms with van der Waals surface area (Å²) in [6, 6.07) is 7.06. The topological polar surface area (TPSA) is 104 Å². The van der Waals surface area contributed by atoms with Crippen LogP contribution in [-0.4, -0.2) is 40.2 Å². The van der Waals surface area contributed by atoms with Crippen molar-refractivity contribution in [2.75, 3.05) is 19.0 Å². The predicted octanol–water partition coefficient (Wildman–Crippen LogP) is 2.18. The van der Waals surface area contributed by atoms with E-state index in [1.165, 1.54) is 0 Å². The quantitative estimate of drug-likeness (QED) is 0.716. The van der Waals surface area contributed by atoms with E-state index in [1.807, 2.05) is 24.3 Å². The molecule has 8 heteroatoms. The summed E-state index contributed by atoms with van der Waals surface area (Å²) in [6.45, 7) is 3.14. The van der Waals surface area contributed by atoms with Crippen LogP contribution in [0.5, 0.6) is 11.6 Å². The average Bonchev–Trinajstić information content (AvgIpc) is 2.89. The van der Waals surface area contributed by atoms with Gasteiger partial charge in [0.25, 0.3) is 0 Å². The van der Waals surface area contributed by atoms with Crippen LogP contribution in [0.4, 0.5) is 5.69 Å². The Morgan fingerprint density at radius 3 is 2.96 bits per heavy atom. The smallest absolute Gasteiger partial charge is 0.239 e. The SMILES string of the molecule is COc1ccc(-c2nc3cc(N[C@@H](C)C(N)=O)cc4c3n2CCCO4)cn1. The van der Waals surface area contributed by atoms with Gasteiger partial charge in [0.05, 0.1) is 19.2 Å². The van der Waals surface area contributed by atoms with Crippen molar-refractivity contribution < 1.29 is 14.3 Å². The number of benzene rings is 1. The van der Waals surface area contributed by atoms with Crippen LogP contribution < -0.4 is 20.5 Å². The number of aryl methyl sites for hydroxylation is 1. The second-order valence-corrected chi connectivity index (χ2v) is 6.49. The van der Waals surface area contributed by atoms with Crippen LogP contribution in [0.25, 0.3) is 22.4 Å². The first kappa shape index (κ1) is 17.1. The zero-order valence-corrected chi connectivity index (χ0v) is 15.2. The van der Waals surface area contributed by atoms with Gasteiger partial charge in [-0.1, -0.05) is 0 Å². The number of imidazole rings is 1. The molecule has 0 unspecified atom stereocenters. The minimum atomic E-state index is -0.493. The summed E-state index contributed by atoms with van der Waals surface area (Å²) >= 11 is 0. The van der Waals surface area contributed by atoms with Crippen LogP contribution in [-0.2, 0) is 11.3 Å². The Kier molecular flexibility index (Phi) is 4.31. The van der Waals surface area contributed by atoms with Crippen LogP contribution in [0.2, 0.25) is 0 Å². The molecule has 2 aromatic heterocycles. The minimum Gasteiger partial charge on any atom is -0.491 e. The van der Waals surface area contributed by atoms with E-state index in [2.05, 4.69) is 14.9 Å². The number of rotatable bonds is 5. The largest absolute Gasteiger partial charge is 0.491 e. The molecule has 0 fully saturated rings. The highest BCUT2D eigenvalue weighted by molar-refractivity contribution is 5.90. The molecule has 0 saturated heterocycles. The van der Waals surface area contributed by atoms with Gasteiger partial charge < -0.3 is 25.1 Å². The third-order valence-corrected chi connectivity index (χ3v) is 4.60. The maximum Gasteiger partial charge on any atom is 0.239 e. The van der Waals surface area contributed by atoms with Crippen molar-refractivity contribution in [2.24, 2.45) is 5.73 Å². The van der Waals surface area contributed by atoms with Crippen molar-refractivity contribution in [2.45, 2.75) is 25.9 Å². The van der Waals surface area contributed by atoms with E-state index in [-0.39, 0.29) is 0 Å². The molecule has 1 atom stereocenters. The van der Waals surface area contributed by atoms with Gasteiger partial charge in [0, 0.05) is 36.1 Å². The van der Waals surface area contributed by atoms with E-state index in [0.717, 1.165) is 46.8 Å². The minimum absolute atomic E-state index is 0.419. The number of nitrogens with two attached hydrogens (primary N) is 1. The fraction of sp³-hybridized carbons (Fsp3) is 0.316. The molecular formula is C19H21N5O3. The van der Waals surface area contributed by atoms with Crippen LogP contribution in [0.15, 0.2) is 30.5 Å². The molecule has 3 N–H and O–H groups in total. The molecule has 0 aliphatic carbocycles. The number of methoxy groups -OCH3 is 1. The summed E-state index contributed by atoms with van der Waals surface area (Å²) in [6.07, 6.45) is 2.63. The molecule has 3 heterocycles. The number of anilines is 1. The zero-order valence-electron chi connectivity index (χ0n) is 15.2. The Hall–Kier alpha value is -3.29. The normalized spacial score (nSPS) is 14.3. The lowest BCUT2D eigenvalue weighted by molar-refractivity contribution is -0.118. The second-order valence-electron chi connectivity index (χ2n) is 6.49. The fourth-order valence-corrected chi connectivity index (χ4v) is 3.22. The molecule has 0 bridgehead atoms. The number of aromatic nitrogens is 3. The summed E-state index contributed by atoms with van der Waals surface area (Å²) < 4.78 is 13.2. The van der Waals surface area contributed by atoms with Crippen LogP contribution in [0.3, 0.4) is 0 Å². The number of carbonyl (C=O) groups is 1. The number of nitrogens with one attached hydrogen (secondary N) is 1. The molecule has 140 valence electrons. The fourth-order valence-electron chi connectivity index (χ4n) is 3.22. The molecule has 0 saturated carbocycles. The van der Waals surface area contributed by atoms with Gasteiger partial charge in [0.1, 0.15) is 23.1 Å². The Morgan fingerprint density at radius 1 is 1.41 bits per heavy atom. The van der Waals surface area contributed by atoms with Gasteiger partial charge >= 0.3 is 0 Å². The van der Waals surface area contributed by atoms with Crippen molar-refractivity contribution in [1.29, 1.82) is 0 Å². The third kappa shape index (κ3) is 3.14. The summed E-state index contributed by atoms with van der Waals surface area (Å²) in [5, 5.41) is 3.10. The molecule has 8 nitrogen and oxygen atoms in total. The molecule has 1 amide bonds. The highest BCUT2D eigenvalue weighted by Crippen LogP contribution is 2.36. The lowest BCUT2D eigenvalue weighted by Gasteiger charge is -2.13. The van der Waals surface area contributed by atoms with E-state index in [1.54, 1.807) is 20.2 Å². The molecule has 4 rings (SSSR count). The predicted molar refractivity (Wildman–Crippen MR) is 102 cm³/mol. The highest BCUT2D eigenvalue weighted by Gasteiger charge is 2.21. The average molecular weight is 367 g/mol. The van der Waals surface area contributed by atoms with Crippen molar-refractivity contribution in [1.82, 2.24) is 14.5 Å². The molecule has 1 aromatic carbocycles. The number of carbonyl (C=O) groups excluding carboxylic acids is 1. The molecule has 27 heavy (non-hydrogen) atoms. The lowest BCUT2D eigenvalue weighted by atomic mass is 10.2. The second kappa shape index (κ2) is 6.79. The van der Waals surface area contributed by atoms with Crippen LogP contribution in [0, 0.1) is 0 Å². The van der Waals surface area contributed by atoms with Crippen LogP contribution in [0.1, 0.15) is 13.3 Å². The summed E-state index contributed by atoms with van der Waals surface area (Å²) in [5.41, 5.74) is 8.74. The Labute approximate surface area is 156 Å². The first-order chi connectivity index (χ1) is 13.1. The molecule has 0 radical (unpaired) electrons. The van der Waals surface area contributed by atoms with Gasteiger partial charge in [0.2, 0.25) is 11.8 Å². The standard InChI is InChI=1S/C19H21N5O3/c1-11(18(20)25)22-13-8-14-17-15(9-13)27-7-3-6-24(17)19(23-14)12-4-5-16(26-2)21-10-12/h4-5,8-11,22H,3,6-7H2,1-2H3,(H2,20,25)/t11-/m0/s1.